The molecular weight excluding hydrogens is 400 g/mol. The molecule has 0 saturated carbocycles. The fourth-order valence-electron chi connectivity index (χ4n) is 4.25. The van der Waals surface area contributed by atoms with Gasteiger partial charge in [0.2, 0.25) is 5.91 Å². The summed E-state index contributed by atoms with van der Waals surface area (Å²) in [6.07, 6.45) is 2.39. The van der Waals surface area contributed by atoms with Crippen molar-refractivity contribution in [2.45, 2.75) is 53.9 Å². The Hall–Kier alpha value is -2.96. The largest absolute Gasteiger partial charge is 0.352 e. The molecule has 3 heterocycles. The van der Waals surface area contributed by atoms with Crippen molar-refractivity contribution in [3.05, 3.63) is 41.9 Å². The van der Waals surface area contributed by atoms with E-state index >= 15 is 0 Å². The van der Waals surface area contributed by atoms with E-state index in [0.717, 1.165) is 73.1 Å². The summed E-state index contributed by atoms with van der Waals surface area (Å²) in [5.41, 5.74) is 2.78. The maximum atomic E-state index is 12.7. The fraction of sp³-hybridized carbons (Fsp3) is 0.520. The number of rotatable bonds is 5. The van der Waals surface area contributed by atoms with Crippen LogP contribution >= 0.6 is 0 Å². The monoisotopic (exact) mass is 434 g/mol. The molecule has 1 aliphatic rings. The summed E-state index contributed by atoms with van der Waals surface area (Å²) in [7, 11) is 0. The molecule has 0 radical (unpaired) electrons. The van der Waals surface area contributed by atoms with Crippen LogP contribution in [0.15, 0.2) is 30.3 Å². The molecule has 7 heteroatoms. The highest BCUT2D eigenvalue weighted by Crippen LogP contribution is 2.30. The Labute approximate surface area is 190 Å². The lowest BCUT2D eigenvalue weighted by Gasteiger charge is -2.36. The standard InChI is InChI=1S/C25H34N6O/c1-6-10-20-26-23(30-15-13-29(14-16-30)21(32)17-25(3,4)5)22-18(2)28-31(24(22)27-20)19-11-8-7-9-12-19/h7-9,11-12H,6,10,13-17H2,1-5H3. The Morgan fingerprint density at radius 1 is 1.03 bits per heavy atom. The van der Waals surface area contributed by atoms with E-state index in [1.54, 1.807) is 0 Å². The Morgan fingerprint density at radius 2 is 1.72 bits per heavy atom. The molecule has 0 aliphatic carbocycles. The SMILES string of the molecule is CCCc1nc(N2CCN(C(=O)CC(C)(C)C)CC2)c2c(C)nn(-c3ccccc3)c2n1. The van der Waals surface area contributed by atoms with Gasteiger partial charge in [0, 0.05) is 39.0 Å². The van der Waals surface area contributed by atoms with Gasteiger partial charge in [0.25, 0.3) is 0 Å². The summed E-state index contributed by atoms with van der Waals surface area (Å²) in [5.74, 6) is 2.03. The second-order valence-electron chi connectivity index (χ2n) is 9.85. The summed E-state index contributed by atoms with van der Waals surface area (Å²) in [5, 5.41) is 5.83. The van der Waals surface area contributed by atoms with Gasteiger partial charge >= 0.3 is 0 Å². The summed E-state index contributed by atoms with van der Waals surface area (Å²) >= 11 is 0. The zero-order chi connectivity index (χ0) is 22.9. The first kappa shape index (κ1) is 22.2. The highest BCUT2D eigenvalue weighted by Gasteiger charge is 2.28. The zero-order valence-corrected chi connectivity index (χ0v) is 19.9. The number of aryl methyl sites for hydroxylation is 2. The van der Waals surface area contributed by atoms with Gasteiger partial charge in [0.1, 0.15) is 11.6 Å². The van der Waals surface area contributed by atoms with Crippen LogP contribution in [0.4, 0.5) is 5.82 Å². The molecule has 1 amide bonds. The molecule has 0 N–H and O–H groups in total. The molecule has 0 bridgehead atoms. The maximum Gasteiger partial charge on any atom is 0.223 e. The Morgan fingerprint density at radius 3 is 2.34 bits per heavy atom. The molecule has 0 atom stereocenters. The van der Waals surface area contributed by atoms with E-state index < -0.39 is 0 Å². The summed E-state index contributed by atoms with van der Waals surface area (Å²) in [6.45, 7) is 13.5. The summed E-state index contributed by atoms with van der Waals surface area (Å²) < 4.78 is 1.93. The number of benzene rings is 1. The number of amides is 1. The molecule has 4 rings (SSSR count). The quantitative estimate of drug-likeness (QED) is 0.603. The van der Waals surface area contributed by atoms with Crippen LogP contribution in [0.2, 0.25) is 0 Å². The number of carbonyl (C=O) groups is 1. The second kappa shape index (κ2) is 8.88. The Kier molecular flexibility index (Phi) is 6.17. The van der Waals surface area contributed by atoms with Gasteiger partial charge in [0.05, 0.1) is 16.8 Å². The van der Waals surface area contributed by atoms with E-state index in [1.807, 2.05) is 46.8 Å². The highest BCUT2D eigenvalue weighted by molar-refractivity contribution is 5.91. The number of para-hydroxylation sites is 1. The minimum absolute atomic E-state index is 0.00518. The molecule has 0 spiro atoms. The third-order valence-electron chi connectivity index (χ3n) is 5.82. The van der Waals surface area contributed by atoms with Crippen LogP contribution in [-0.4, -0.2) is 56.7 Å². The predicted octanol–water partition coefficient (Wildman–Crippen LogP) is 4.16. The smallest absolute Gasteiger partial charge is 0.223 e. The van der Waals surface area contributed by atoms with Gasteiger partial charge in [0.15, 0.2) is 5.65 Å². The molecule has 0 unspecified atom stereocenters. The molecule has 1 fully saturated rings. The topological polar surface area (TPSA) is 67.2 Å². The van der Waals surface area contributed by atoms with E-state index in [4.69, 9.17) is 15.1 Å². The van der Waals surface area contributed by atoms with Crippen molar-refractivity contribution < 1.29 is 4.79 Å². The lowest BCUT2D eigenvalue weighted by atomic mass is 9.91. The van der Waals surface area contributed by atoms with Crippen LogP contribution in [-0.2, 0) is 11.2 Å². The minimum atomic E-state index is 0.00518. The van der Waals surface area contributed by atoms with E-state index in [1.165, 1.54) is 0 Å². The Bertz CT molecular complexity index is 1090. The van der Waals surface area contributed by atoms with Crippen molar-refractivity contribution in [1.29, 1.82) is 0 Å². The fourth-order valence-corrected chi connectivity index (χ4v) is 4.25. The average molecular weight is 435 g/mol. The van der Waals surface area contributed by atoms with Gasteiger partial charge in [-0.25, -0.2) is 14.6 Å². The molecule has 3 aromatic rings. The molecular formula is C25H34N6O. The van der Waals surface area contributed by atoms with Gasteiger partial charge in [-0.1, -0.05) is 45.9 Å². The van der Waals surface area contributed by atoms with Crippen LogP contribution in [0.25, 0.3) is 16.7 Å². The van der Waals surface area contributed by atoms with Gasteiger partial charge < -0.3 is 9.80 Å². The molecule has 32 heavy (non-hydrogen) atoms. The van der Waals surface area contributed by atoms with Gasteiger partial charge in [-0.3, -0.25) is 4.79 Å². The molecule has 1 aliphatic heterocycles. The lowest BCUT2D eigenvalue weighted by Crippen LogP contribution is -2.49. The van der Waals surface area contributed by atoms with Crippen molar-refractivity contribution in [3.63, 3.8) is 0 Å². The first-order valence-electron chi connectivity index (χ1n) is 11.6. The minimum Gasteiger partial charge on any atom is -0.352 e. The zero-order valence-electron chi connectivity index (χ0n) is 19.9. The number of hydrogen-bond acceptors (Lipinski definition) is 5. The van der Waals surface area contributed by atoms with Crippen LogP contribution in [0.5, 0.6) is 0 Å². The Balaban J connectivity index is 1.67. The second-order valence-corrected chi connectivity index (χ2v) is 9.85. The number of nitrogens with zero attached hydrogens (tertiary/aromatic N) is 6. The van der Waals surface area contributed by atoms with Gasteiger partial charge in [-0.05, 0) is 30.9 Å². The first-order valence-corrected chi connectivity index (χ1v) is 11.6. The van der Waals surface area contributed by atoms with E-state index in [-0.39, 0.29) is 11.3 Å². The number of hydrogen-bond donors (Lipinski definition) is 0. The number of piperazine rings is 1. The molecule has 7 nitrogen and oxygen atoms in total. The van der Waals surface area contributed by atoms with Crippen LogP contribution in [0, 0.1) is 12.3 Å². The summed E-state index contributed by atoms with van der Waals surface area (Å²) in [4.78, 5) is 26.9. The first-order chi connectivity index (χ1) is 15.3. The molecule has 170 valence electrons. The van der Waals surface area contributed by atoms with Crippen molar-refractivity contribution in [2.75, 3.05) is 31.1 Å². The van der Waals surface area contributed by atoms with E-state index in [9.17, 15) is 4.79 Å². The number of carbonyl (C=O) groups excluding carboxylic acids is 1. The van der Waals surface area contributed by atoms with Crippen LogP contribution < -0.4 is 4.90 Å². The number of anilines is 1. The maximum absolute atomic E-state index is 12.7. The highest BCUT2D eigenvalue weighted by atomic mass is 16.2. The molecule has 1 saturated heterocycles. The average Bonchev–Trinajstić information content (AvgIpc) is 3.09. The third-order valence-corrected chi connectivity index (χ3v) is 5.82. The number of fused-ring (bicyclic) bond motifs is 1. The van der Waals surface area contributed by atoms with Gasteiger partial charge in [-0.15, -0.1) is 0 Å². The van der Waals surface area contributed by atoms with Gasteiger partial charge in [-0.2, -0.15) is 5.10 Å². The predicted molar refractivity (Wildman–Crippen MR) is 128 cm³/mol. The third kappa shape index (κ3) is 4.61. The van der Waals surface area contributed by atoms with Crippen molar-refractivity contribution in [3.8, 4) is 5.69 Å². The molecule has 1 aromatic carbocycles. The van der Waals surface area contributed by atoms with Crippen molar-refractivity contribution in [1.82, 2.24) is 24.6 Å². The van der Waals surface area contributed by atoms with Crippen molar-refractivity contribution in [2.24, 2.45) is 5.41 Å². The lowest BCUT2D eigenvalue weighted by molar-refractivity contribution is -0.133. The van der Waals surface area contributed by atoms with E-state index in [0.29, 0.717) is 6.42 Å². The molecule has 2 aromatic heterocycles. The normalized spacial score (nSPS) is 14.9. The van der Waals surface area contributed by atoms with Crippen molar-refractivity contribution >= 4 is 22.8 Å². The number of aromatic nitrogens is 4. The summed E-state index contributed by atoms with van der Waals surface area (Å²) in [6, 6.07) is 10.1. The van der Waals surface area contributed by atoms with E-state index in [2.05, 4.69) is 32.6 Å². The van der Waals surface area contributed by atoms with Crippen LogP contribution in [0.1, 0.15) is 52.1 Å². The van der Waals surface area contributed by atoms with Crippen LogP contribution in [0.3, 0.4) is 0 Å².